The van der Waals surface area contributed by atoms with Crippen LogP contribution in [0, 0.1) is 0 Å². The average Bonchev–Trinajstić information content (AvgIpc) is 3.82. The molecule has 1 aliphatic carbocycles. The van der Waals surface area contributed by atoms with E-state index in [0.29, 0.717) is 5.92 Å². The predicted molar refractivity (Wildman–Crippen MR) is 230 cm³/mol. The van der Waals surface area contributed by atoms with Gasteiger partial charge in [-0.1, -0.05) is 135 Å². The van der Waals surface area contributed by atoms with Gasteiger partial charge in [-0.15, -0.1) is 0 Å². The van der Waals surface area contributed by atoms with Crippen LogP contribution < -0.4 is 4.90 Å². The normalized spacial score (nSPS) is 13.7. The summed E-state index contributed by atoms with van der Waals surface area (Å²) in [6.45, 7) is 0. The van der Waals surface area contributed by atoms with Gasteiger partial charge in [0.2, 0.25) is 0 Å². The number of benzene rings is 8. The Bertz CT molecular complexity index is 3040. The van der Waals surface area contributed by atoms with Crippen LogP contribution in [-0.4, -0.2) is 0 Å². The van der Waals surface area contributed by atoms with E-state index in [-0.39, 0.29) is 0 Å². The van der Waals surface area contributed by atoms with Crippen LogP contribution in [0.1, 0.15) is 43.6 Å². The molecule has 1 aliphatic rings. The zero-order valence-electron chi connectivity index (χ0n) is 30.5. The third-order valence-electron chi connectivity index (χ3n) is 11.9. The van der Waals surface area contributed by atoms with Crippen molar-refractivity contribution in [2.24, 2.45) is 0 Å². The third-order valence-corrected chi connectivity index (χ3v) is 11.9. The molecule has 55 heavy (non-hydrogen) atoms. The molecule has 0 N–H and O–H groups in total. The van der Waals surface area contributed by atoms with Gasteiger partial charge in [-0.25, -0.2) is 0 Å². The Kier molecular flexibility index (Phi) is 7.58. The Morgan fingerprint density at radius 2 is 1.02 bits per heavy atom. The Labute approximate surface area is 320 Å². The van der Waals surface area contributed by atoms with E-state index in [1.54, 1.807) is 0 Å². The van der Waals surface area contributed by atoms with Gasteiger partial charge >= 0.3 is 0 Å². The molecule has 3 nitrogen and oxygen atoms in total. The summed E-state index contributed by atoms with van der Waals surface area (Å²) in [4.78, 5) is 2.44. The highest BCUT2D eigenvalue weighted by molar-refractivity contribution is 6.09. The molecule has 0 spiro atoms. The van der Waals surface area contributed by atoms with Gasteiger partial charge in [0.15, 0.2) is 0 Å². The van der Waals surface area contributed by atoms with Gasteiger partial charge in [-0.05, 0) is 94.8 Å². The number of furan rings is 2. The first-order valence-corrected chi connectivity index (χ1v) is 19.6. The minimum atomic E-state index is 0.576. The lowest BCUT2D eigenvalue weighted by molar-refractivity contribution is 0.445. The van der Waals surface area contributed by atoms with Crippen molar-refractivity contribution in [2.45, 2.75) is 38.0 Å². The largest absolute Gasteiger partial charge is 0.456 e. The number of rotatable bonds is 6. The predicted octanol–water partition coefficient (Wildman–Crippen LogP) is 15.5. The number of hydrogen-bond acceptors (Lipinski definition) is 3. The summed E-state index contributed by atoms with van der Waals surface area (Å²) in [5, 5.41) is 7.16. The van der Waals surface area contributed by atoms with Crippen LogP contribution in [0.3, 0.4) is 0 Å². The van der Waals surface area contributed by atoms with Gasteiger partial charge in [0.05, 0.1) is 11.4 Å². The Balaban J connectivity index is 1.16. The smallest absolute Gasteiger partial charge is 0.137 e. The highest BCUT2D eigenvalue weighted by Gasteiger charge is 2.25. The summed E-state index contributed by atoms with van der Waals surface area (Å²) >= 11 is 0. The first kappa shape index (κ1) is 31.9. The maximum atomic E-state index is 6.53. The summed E-state index contributed by atoms with van der Waals surface area (Å²) < 4.78 is 12.8. The van der Waals surface area contributed by atoms with Crippen molar-refractivity contribution in [3.63, 3.8) is 0 Å². The summed E-state index contributed by atoms with van der Waals surface area (Å²) in [6, 6.07) is 61.4. The van der Waals surface area contributed by atoms with E-state index in [0.717, 1.165) is 72.1 Å². The maximum absolute atomic E-state index is 6.53. The van der Waals surface area contributed by atoms with Crippen molar-refractivity contribution in [3.8, 4) is 22.3 Å². The van der Waals surface area contributed by atoms with Gasteiger partial charge in [0.1, 0.15) is 22.3 Å². The molecule has 2 aromatic heterocycles. The molecule has 264 valence electrons. The second-order valence-corrected chi connectivity index (χ2v) is 15.0. The molecule has 2 heterocycles. The first-order valence-electron chi connectivity index (χ1n) is 19.6. The maximum Gasteiger partial charge on any atom is 0.137 e. The third kappa shape index (κ3) is 5.33. The number of hydrogen-bond donors (Lipinski definition) is 0. The van der Waals surface area contributed by atoms with Crippen molar-refractivity contribution in [1.29, 1.82) is 0 Å². The summed E-state index contributed by atoms with van der Waals surface area (Å²) in [5.41, 5.74) is 13.0. The van der Waals surface area contributed by atoms with Crippen LogP contribution in [0.25, 0.3) is 76.9 Å². The zero-order valence-corrected chi connectivity index (χ0v) is 30.5. The lowest BCUT2D eigenvalue weighted by Crippen LogP contribution is -2.12. The number of nitrogens with zero attached hydrogens (tertiary/aromatic N) is 1. The molecule has 1 fully saturated rings. The number of para-hydroxylation sites is 4. The van der Waals surface area contributed by atoms with Crippen LogP contribution in [0.5, 0.6) is 0 Å². The Morgan fingerprint density at radius 1 is 0.418 bits per heavy atom. The summed E-state index contributed by atoms with van der Waals surface area (Å²) in [7, 11) is 0. The van der Waals surface area contributed by atoms with E-state index in [4.69, 9.17) is 8.83 Å². The van der Waals surface area contributed by atoms with Crippen molar-refractivity contribution in [1.82, 2.24) is 0 Å². The molecule has 11 rings (SSSR count). The fourth-order valence-corrected chi connectivity index (χ4v) is 9.31. The molecule has 10 aromatic rings. The monoisotopic (exact) mass is 709 g/mol. The van der Waals surface area contributed by atoms with Crippen LogP contribution in [0.2, 0.25) is 0 Å². The topological polar surface area (TPSA) is 29.5 Å². The molecular weight excluding hydrogens is 671 g/mol. The van der Waals surface area contributed by atoms with E-state index in [2.05, 4.69) is 157 Å². The van der Waals surface area contributed by atoms with Crippen molar-refractivity contribution in [3.05, 3.63) is 175 Å². The molecule has 0 amide bonds. The van der Waals surface area contributed by atoms with E-state index in [1.807, 2.05) is 18.2 Å². The second-order valence-electron chi connectivity index (χ2n) is 15.0. The second kappa shape index (κ2) is 13.1. The molecule has 0 unspecified atom stereocenters. The Hall–Kier alpha value is -6.58. The van der Waals surface area contributed by atoms with E-state index in [9.17, 15) is 0 Å². The molecule has 3 heteroatoms. The molecule has 0 bridgehead atoms. The molecule has 0 saturated heterocycles. The van der Waals surface area contributed by atoms with E-state index in [1.165, 1.54) is 59.6 Å². The lowest BCUT2D eigenvalue weighted by atomic mass is 9.80. The summed E-state index contributed by atoms with van der Waals surface area (Å²) in [6.07, 6.45) is 6.44. The van der Waals surface area contributed by atoms with Crippen LogP contribution in [0.4, 0.5) is 17.1 Å². The fourth-order valence-electron chi connectivity index (χ4n) is 9.31. The SMILES string of the molecule is c1ccc(N(c2ccc3c(c2)oc2ccccc23)c2ccccc2-c2cccc3cccc(C4CCCCC4)c23)c(-c2ccc3oc4ccccc4c3c2)c1. The standard InChI is InChI=1S/C52H39NO2/c1-2-14-34(15-3-1)39-22-12-16-35-17-13-23-44(52(35)39)40-19-5-9-25-47(40)53(37-29-30-43-41-20-6-10-26-48(41)55-51(43)33-37)46-24-8-4-18-38(46)36-28-31-50-45(32-36)42-21-7-11-27-49(42)54-50/h4-13,16-34H,1-3,14-15H2. The minimum Gasteiger partial charge on any atom is -0.456 e. The van der Waals surface area contributed by atoms with Gasteiger partial charge in [-0.3, -0.25) is 0 Å². The quantitative estimate of drug-likeness (QED) is 0.172. The molecule has 0 atom stereocenters. The highest BCUT2D eigenvalue weighted by atomic mass is 16.3. The molecular formula is C52H39NO2. The van der Waals surface area contributed by atoms with Crippen molar-refractivity contribution in [2.75, 3.05) is 4.90 Å². The van der Waals surface area contributed by atoms with Gasteiger partial charge in [0.25, 0.3) is 0 Å². The van der Waals surface area contributed by atoms with Crippen molar-refractivity contribution < 1.29 is 8.83 Å². The van der Waals surface area contributed by atoms with Gasteiger partial charge in [0, 0.05) is 44.4 Å². The zero-order chi connectivity index (χ0) is 36.3. The summed E-state index contributed by atoms with van der Waals surface area (Å²) in [5.74, 6) is 0.576. The lowest BCUT2D eigenvalue weighted by Gasteiger charge is -2.30. The van der Waals surface area contributed by atoms with Gasteiger partial charge in [-0.2, -0.15) is 0 Å². The average molecular weight is 710 g/mol. The van der Waals surface area contributed by atoms with Crippen LogP contribution in [-0.2, 0) is 0 Å². The number of anilines is 3. The minimum absolute atomic E-state index is 0.576. The fraction of sp³-hybridized carbons (Fsp3) is 0.115. The molecule has 0 aliphatic heterocycles. The van der Waals surface area contributed by atoms with E-state index < -0.39 is 0 Å². The molecule has 8 aromatic carbocycles. The Morgan fingerprint density at radius 3 is 1.82 bits per heavy atom. The first-order chi connectivity index (χ1) is 27.3. The number of fused-ring (bicyclic) bond motifs is 7. The van der Waals surface area contributed by atoms with E-state index >= 15 is 0 Å². The van der Waals surface area contributed by atoms with Gasteiger partial charge < -0.3 is 13.7 Å². The van der Waals surface area contributed by atoms with Crippen molar-refractivity contribution >= 4 is 71.7 Å². The molecule has 0 radical (unpaired) electrons. The van der Waals surface area contributed by atoms with Crippen LogP contribution in [0.15, 0.2) is 179 Å². The molecule has 1 saturated carbocycles. The highest BCUT2D eigenvalue weighted by Crippen LogP contribution is 2.48. The van der Waals surface area contributed by atoms with Crippen LogP contribution >= 0.6 is 0 Å².